The van der Waals surface area contributed by atoms with Crippen LogP contribution in [-0.2, 0) is 0 Å². The molecule has 0 saturated carbocycles. The topological polar surface area (TPSA) is 33.7 Å². The van der Waals surface area contributed by atoms with E-state index in [9.17, 15) is 0 Å². The lowest BCUT2D eigenvalue weighted by Gasteiger charge is -2.40. The lowest BCUT2D eigenvalue weighted by atomic mass is 9.99. The summed E-state index contributed by atoms with van der Waals surface area (Å²) in [6.07, 6.45) is 0. The zero-order valence-electron chi connectivity index (χ0n) is 13.7. The first-order chi connectivity index (χ1) is 10.2. The highest BCUT2D eigenvalue weighted by Gasteiger charge is 2.25. The molecule has 118 valence electrons. The van der Waals surface area contributed by atoms with Crippen molar-refractivity contribution in [2.45, 2.75) is 33.7 Å². The summed E-state index contributed by atoms with van der Waals surface area (Å²) in [7, 11) is 0. The summed E-state index contributed by atoms with van der Waals surface area (Å²) < 4.78 is 11.4. The van der Waals surface area contributed by atoms with Crippen molar-refractivity contribution in [3.8, 4) is 11.5 Å². The van der Waals surface area contributed by atoms with Crippen LogP contribution in [0, 0.1) is 5.92 Å². The molecule has 1 aromatic rings. The SMILES string of the molecule is CCOc1ccc(N2CCNCC2C(C)C)cc1OCC. The molecule has 21 heavy (non-hydrogen) atoms. The molecule has 0 aromatic heterocycles. The number of piperazine rings is 1. The maximum Gasteiger partial charge on any atom is 0.163 e. The Balaban J connectivity index is 2.27. The van der Waals surface area contributed by atoms with Gasteiger partial charge in [-0.15, -0.1) is 0 Å². The molecule has 2 rings (SSSR count). The van der Waals surface area contributed by atoms with E-state index in [1.807, 2.05) is 19.9 Å². The summed E-state index contributed by atoms with van der Waals surface area (Å²) in [5.74, 6) is 2.29. The molecule has 4 heteroatoms. The molecule has 1 N–H and O–H groups in total. The van der Waals surface area contributed by atoms with Crippen LogP contribution in [-0.4, -0.2) is 38.9 Å². The van der Waals surface area contributed by atoms with Crippen LogP contribution in [0.15, 0.2) is 18.2 Å². The minimum atomic E-state index is 0.520. The molecule has 1 aliphatic heterocycles. The van der Waals surface area contributed by atoms with Gasteiger partial charge in [-0.1, -0.05) is 13.8 Å². The summed E-state index contributed by atoms with van der Waals surface area (Å²) in [5.41, 5.74) is 1.22. The van der Waals surface area contributed by atoms with E-state index >= 15 is 0 Å². The van der Waals surface area contributed by atoms with Gasteiger partial charge in [0.1, 0.15) is 0 Å². The van der Waals surface area contributed by atoms with Crippen molar-refractivity contribution >= 4 is 5.69 Å². The molecular formula is C17H28N2O2. The van der Waals surface area contributed by atoms with E-state index in [1.54, 1.807) is 0 Å². The molecule has 4 nitrogen and oxygen atoms in total. The summed E-state index contributed by atoms with van der Waals surface area (Å²) in [6.45, 7) is 13.0. The quantitative estimate of drug-likeness (QED) is 0.874. The van der Waals surface area contributed by atoms with E-state index in [4.69, 9.17) is 9.47 Å². The van der Waals surface area contributed by atoms with Crippen LogP contribution in [0.3, 0.4) is 0 Å². The minimum absolute atomic E-state index is 0.520. The molecule has 1 saturated heterocycles. The van der Waals surface area contributed by atoms with Crippen LogP contribution in [0.2, 0.25) is 0 Å². The molecule has 0 amide bonds. The van der Waals surface area contributed by atoms with E-state index in [2.05, 4.69) is 36.2 Å². The zero-order valence-corrected chi connectivity index (χ0v) is 13.7. The molecule has 1 aliphatic rings. The van der Waals surface area contributed by atoms with Crippen LogP contribution in [0.5, 0.6) is 11.5 Å². The lowest BCUT2D eigenvalue weighted by molar-refractivity contribution is 0.287. The van der Waals surface area contributed by atoms with Crippen LogP contribution in [0.25, 0.3) is 0 Å². The number of anilines is 1. The Hall–Kier alpha value is -1.42. The number of nitrogens with one attached hydrogen (secondary N) is 1. The minimum Gasteiger partial charge on any atom is -0.490 e. The number of hydrogen-bond donors (Lipinski definition) is 1. The number of ether oxygens (including phenoxy) is 2. The first-order valence-corrected chi connectivity index (χ1v) is 8.04. The van der Waals surface area contributed by atoms with Crippen LogP contribution >= 0.6 is 0 Å². The molecule has 1 fully saturated rings. The Bertz CT molecular complexity index is 448. The van der Waals surface area contributed by atoms with Gasteiger partial charge in [-0.3, -0.25) is 0 Å². The van der Waals surface area contributed by atoms with Gasteiger partial charge in [0.15, 0.2) is 11.5 Å². The van der Waals surface area contributed by atoms with Gasteiger partial charge in [0.05, 0.1) is 13.2 Å². The third-order valence-electron chi connectivity index (χ3n) is 3.91. The maximum absolute atomic E-state index is 5.75. The Kier molecular flexibility index (Phi) is 5.74. The molecular weight excluding hydrogens is 264 g/mol. The normalized spacial score (nSPS) is 18.9. The van der Waals surface area contributed by atoms with Gasteiger partial charge < -0.3 is 19.7 Å². The van der Waals surface area contributed by atoms with Gasteiger partial charge in [0, 0.05) is 37.4 Å². The second-order valence-corrected chi connectivity index (χ2v) is 5.71. The van der Waals surface area contributed by atoms with E-state index in [1.165, 1.54) is 5.69 Å². The molecule has 0 radical (unpaired) electrons. The second-order valence-electron chi connectivity index (χ2n) is 5.71. The van der Waals surface area contributed by atoms with Crippen molar-refractivity contribution in [2.24, 2.45) is 5.92 Å². The van der Waals surface area contributed by atoms with Gasteiger partial charge >= 0.3 is 0 Å². The second kappa shape index (κ2) is 7.55. The van der Waals surface area contributed by atoms with E-state index < -0.39 is 0 Å². The Morgan fingerprint density at radius 1 is 1.19 bits per heavy atom. The van der Waals surface area contributed by atoms with E-state index in [0.717, 1.165) is 31.1 Å². The molecule has 1 unspecified atom stereocenters. The smallest absolute Gasteiger partial charge is 0.163 e. The number of nitrogens with zero attached hydrogens (tertiary/aromatic N) is 1. The zero-order chi connectivity index (χ0) is 15.2. The largest absolute Gasteiger partial charge is 0.490 e. The molecule has 0 aliphatic carbocycles. The highest BCUT2D eigenvalue weighted by molar-refractivity contribution is 5.57. The van der Waals surface area contributed by atoms with Crippen molar-refractivity contribution < 1.29 is 9.47 Å². The van der Waals surface area contributed by atoms with Gasteiger partial charge in [-0.05, 0) is 31.9 Å². The highest BCUT2D eigenvalue weighted by atomic mass is 16.5. The van der Waals surface area contributed by atoms with E-state index in [0.29, 0.717) is 25.2 Å². The average molecular weight is 292 g/mol. The molecule has 0 bridgehead atoms. The lowest BCUT2D eigenvalue weighted by Crippen LogP contribution is -2.53. The monoisotopic (exact) mass is 292 g/mol. The number of benzene rings is 1. The molecule has 1 heterocycles. The van der Waals surface area contributed by atoms with Gasteiger partial charge in [0.2, 0.25) is 0 Å². The summed E-state index contributed by atoms with van der Waals surface area (Å²) in [4.78, 5) is 2.49. The predicted octanol–water partition coefficient (Wildman–Crippen LogP) is 2.92. The Morgan fingerprint density at radius 3 is 2.57 bits per heavy atom. The fraction of sp³-hybridized carbons (Fsp3) is 0.647. The van der Waals surface area contributed by atoms with Crippen molar-refractivity contribution in [2.75, 3.05) is 37.7 Å². The standard InChI is InChI=1S/C17H28N2O2/c1-5-20-16-8-7-14(11-17(16)21-6-2)19-10-9-18-12-15(19)13(3)4/h7-8,11,13,15,18H,5-6,9-10,12H2,1-4H3. The first-order valence-electron chi connectivity index (χ1n) is 8.04. The highest BCUT2D eigenvalue weighted by Crippen LogP contribution is 2.33. The van der Waals surface area contributed by atoms with Crippen molar-refractivity contribution in [1.29, 1.82) is 0 Å². The number of hydrogen-bond acceptors (Lipinski definition) is 4. The fourth-order valence-electron chi connectivity index (χ4n) is 2.86. The summed E-state index contributed by atoms with van der Waals surface area (Å²) in [6, 6.07) is 6.82. The van der Waals surface area contributed by atoms with Crippen LogP contribution in [0.4, 0.5) is 5.69 Å². The Morgan fingerprint density at radius 2 is 1.90 bits per heavy atom. The third kappa shape index (κ3) is 3.82. The average Bonchev–Trinajstić information content (AvgIpc) is 2.49. The fourth-order valence-corrected chi connectivity index (χ4v) is 2.86. The molecule has 1 atom stereocenters. The van der Waals surface area contributed by atoms with E-state index in [-0.39, 0.29) is 0 Å². The number of rotatable bonds is 6. The summed E-state index contributed by atoms with van der Waals surface area (Å²) >= 11 is 0. The summed E-state index contributed by atoms with van der Waals surface area (Å²) in [5, 5.41) is 3.49. The van der Waals surface area contributed by atoms with Gasteiger partial charge in [-0.2, -0.15) is 0 Å². The van der Waals surface area contributed by atoms with Crippen molar-refractivity contribution in [1.82, 2.24) is 5.32 Å². The third-order valence-corrected chi connectivity index (χ3v) is 3.91. The maximum atomic E-state index is 5.75. The van der Waals surface area contributed by atoms with Crippen molar-refractivity contribution in [3.05, 3.63) is 18.2 Å². The predicted molar refractivity (Wildman–Crippen MR) is 87.6 cm³/mol. The van der Waals surface area contributed by atoms with Crippen LogP contribution in [0.1, 0.15) is 27.7 Å². The van der Waals surface area contributed by atoms with Gasteiger partial charge in [0.25, 0.3) is 0 Å². The van der Waals surface area contributed by atoms with Gasteiger partial charge in [-0.25, -0.2) is 0 Å². The molecule has 1 aromatic carbocycles. The van der Waals surface area contributed by atoms with Crippen molar-refractivity contribution in [3.63, 3.8) is 0 Å². The Labute approximate surface area is 128 Å². The van der Waals surface area contributed by atoms with Crippen LogP contribution < -0.4 is 19.7 Å². The first kappa shape index (κ1) is 16.0. The molecule has 0 spiro atoms.